The van der Waals surface area contributed by atoms with Crippen LogP contribution in [0.2, 0.25) is 0 Å². The number of likely N-dealkylation sites (tertiary alicyclic amines) is 1. The molecule has 122 valence electrons. The van der Waals surface area contributed by atoms with Gasteiger partial charge in [-0.05, 0) is 45.1 Å². The Kier molecular flexibility index (Phi) is 6.45. The smallest absolute Gasteiger partial charge is 0.323 e. The summed E-state index contributed by atoms with van der Waals surface area (Å²) < 4.78 is 10.7. The molecule has 2 aliphatic rings. The maximum atomic E-state index is 12.0. The van der Waals surface area contributed by atoms with Gasteiger partial charge in [-0.15, -0.1) is 0 Å². The largest absolute Gasteiger partial charge is 0.465 e. The van der Waals surface area contributed by atoms with Crippen LogP contribution in [0.3, 0.4) is 0 Å². The molecule has 0 bridgehead atoms. The third kappa shape index (κ3) is 5.24. The van der Waals surface area contributed by atoms with Crippen molar-refractivity contribution in [2.24, 2.45) is 5.92 Å². The molecule has 1 saturated heterocycles. The van der Waals surface area contributed by atoms with E-state index in [2.05, 4.69) is 17.1 Å². The van der Waals surface area contributed by atoms with Crippen LogP contribution < -0.4 is 5.32 Å². The number of methoxy groups -OCH3 is 1. The maximum absolute atomic E-state index is 12.0. The third-order valence-corrected chi connectivity index (χ3v) is 4.60. The standard InChI is InChI=1S/C16H30N2O3/c1-4-21-16(19)14(17-13-5-6-13)8-10-18-9-7-12(2)15(11-18)20-3/h12-15,17H,4-11H2,1-3H3. The minimum absolute atomic E-state index is 0.0990. The van der Waals surface area contributed by atoms with Crippen molar-refractivity contribution in [1.82, 2.24) is 10.2 Å². The van der Waals surface area contributed by atoms with Gasteiger partial charge in [-0.2, -0.15) is 0 Å². The van der Waals surface area contributed by atoms with Crippen molar-refractivity contribution in [2.75, 3.05) is 33.4 Å². The van der Waals surface area contributed by atoms with Crippen LogP contribution >= 0.6 is 0 Å². The molecule has 0 aromatic rings. The van der Waals surface area contributed by atoms with Gasteiger partial charge in [-0.3, -0.25) is 4.79 Å². The first-order chi connectivity index (χ1) is 10.1. The van der Waals surface area contributed by atoms with E-state index in [0.717, 1.165) is 26.1 Å². The predicted octanol–water partition coefficient (Wildman–Crippen LogP) is 1.42. The summed E-state index contributed by atoms with van der Waals surface area (Å²) in [6.45, 7) is 7.56. The van der Waals surface area contributed by atoms with Crippen molar-refractivity contribution in [1.29, 1.82) is 0 Å². The molecule has 1 heterocycles. The highest BCUT2D eigenvalue weighted by Crippen LogP contribution is 2.22. The predicted molar refractivity (Wildman–Crippen MR) is 82.2 cm³/mol. The normalized spacial score (nSPS) is 28.3. The lowest BCUT2D eigenvalue weighted by molar-refractivity contribution is -0.146. The van der Waals surface area contributed by atoms with Gasteiger partial charge >= 0.3 is 5.97 Å². The van der Waals surface area contributed by atoms with Crippen molar-refractivity contribution in [3.8, 4) is 0 Å². The topological polar surface area (TPSA) is 50.8 Å². The number of nitrogens with one attached hydrogen (secondary N) is 1. The molecule has 0 spiro atoms. The molecule has 5 nitrogen and oxygen atoms in total. The van der Waals surface area contributed by atoms with Crippen LogP contribution in [0.1, 0.15) is 39.5 Å². The molecule has 0 amide bonds. The highest BCUT2D eigenvalue weighted by molar-refractivity contribution is 5.75. The summed E-state index contributed by atoms with van der Waals surface area (Å²) >= 11 is 0. The molecule has 3 atom stereocenters. The molecule has 5 heteroatoms. The van der Waals surface area contributed by atoms with Gasteiger partial charge in [-0.25, -0.2) is 0 Å². The summed E-state index contributed by atoms with van der Waals surface area (Å²) in [6, 6.07) is 0.366. The summed E-state index contributed by atoms with van der Waals surface area (Å²) in [6.07, 6.45) is 4.67. The number of carbonyl (C=O) groups is 1. The molecule has 2 rings (SSSR count). The van der Waals surface area contributed by atoms with Crippen LogP contribution in [0.4, 0.5) is 0 Å². The van der Waals surface area contributed by atoms with E-state index >= 15 is 0 Å². The lowest BCUT2D eigenvalue weighted by atomic mass is 9.95. The molecule has 1 N–H and O–H groups in total. The molecule has 0 radical (unpaired) electrons. The highest BCUT2D eigenvalue weighted by Gasteiger charge is 2.31. The van der Waals surface area contributed by atoms with Crippen molar-refractivity contribution in [3.05, 3.63) is 0 Å². The van der Waals surface area contributed by atoms with Gasteiger partial charge in [0.1, 0.15) is 6.04 Å². The first-order valence-corrected chi connectivity index (χ1v) is 8.31. The Morgan fingerprint density at radius 1 is 1.38 bits per heavy atom. The average Bonchev–Trinajstić information content (AvgIpc) is 3.29. The molecule has 3 unspecified atom stereocenters. The minimum atomic E-state index is -0.155. The fourth-order valence-corrected chi connectivity index (χ4v) is 2.97. The Morgan fingerprint density at radius 3 is 2.76 bits per heavy atom. The monoisotopic (exact) mass is 298 g/mol. The van der Waals surface area contributed by atoms with Crippen LogP contribution in [-0.2, 0) is 14.3 Å². The fourth-order valence-electron chi connectivity index (χ4n) is 2.97. The zero-order valence-corrected chi connectivity index (χ0v) is 13.6. The van der Waals surface area contributed by atoms with Gasteiger partial charge in [0.25, 0.3) is 0 Å². The number of rotatable bonds is 8. The zero-order valence-electron chi connectivity index (χ0n) is 13.6. The van der Waals surface area contributed by atoms with Crippen molar-refractivity contribution in [2.45, 2.75) is 57.7 Å². The molecule has 0 aromatic heterocycles. The summed E-state index contributed by atoms with van der Waals surface area (Å²) in [7, 11) is 1.79. The van der Waals surface area contributed by atoms with Crippen molar-refractivity contribution in [3.63, 3.8) is 0 Å². The second-order valence-corrected chi connectivity index (χ2v) is 6.37. The van der Waals surface area contributed by atoms with E-state index in [0.29, 0.717) is 24.7 Å². The molecule has 21 heavy (non-hydrogen) atoms. The van der Waals surface area contributed by atoms with Gasteiger partial charge in [0.15, 0.2) is 0 Å². The molecular formula is C16H30N2O3. The van der Waals surface area contributed by atoms with E-state index in [1.54, 1.807) is 7.11 Å². The lowest BCUT2D eigenvalue weighted by Crippen LogP contribution is -2.47. The summed E-state index contributed by atoms with van der Waals surface area (Å²) in [4.78, 5) is 14.4. The number of carbonyl (C=O) groups excluding carboxylic acids is 1. The molecule has 0 aromatic carbocycles. The van der Waals surface area contributed by atoms with Crippen LogP contribution in [-0.4, -0.2) is 62.4 Å². The van der Waals surface area contributed by atoms with Gasteiger partial charge in [-0.1, -0.05) is 6.92 Å². The Balaban J connectivity index is 1.78. The summed E-state index contributed by atoms with van der Waals surface area (Å²) in [5.74, 6) is 0.523. The minimum Gasteiger partial charge on any atom is -0.465 e. The molecule has 1 saturated carbocycles. The second kappa shape index (κ2) is 8.11. The van der Waals surface area contributed by atoms with Gasteiger partial charge < -0.3 is 19.7 Å². The van der Waals surface area contributed by atoms with Gasteiger partial charge in [0.05, 0.1) is 12.7 Å². The molecule has 2 fully saturated rings. The second-order valence-electron chi connectivity index (χ2n) is 6.37. The fraction of sp³-hybridized carbons (Fsp3) is 0.938. The zero-order chi connectivity index (χ0) is 15.2. The first-order valence-electron chi connectivity index (χ1n) is 8.31. The van der Waals surface area contributed by atoms with E-state index in [4.69, 9.17) is 9.47 Å². The van der Waals surface area contributed by atoms with Crippen LogP contribution in [0.25, 0.3) is 0 Å². The number of ether oxygens (including phenoxy) is 2. The Hall–Kier alpha value is -0.650. The van der Waals surface area contributed by atoms with Crippen LogP contribution in [0, 0.1) is 5.92 Å². The van der Waals surface area contributed by atoms with E-state index in [1.165, 1.54) is 19.3 Å². The number of esters is 1. The third-order valence-electron chi connectivity index (χ3n) is 4.60. The van der Waals surface area contributed by atoms with Crippen molar-refractivity contribution < 1.29 is 14.3 Å². The molecule has 1 aliphatic heterocycles. The summed E-state index contributed by atoms with van der Waals surface area (Å²) in [5.41, 5.74) is 0. The van der Waals surface area contributed by atoms with Crippen LogP contribution in [0.15, 0.2) is 0 Å². The first kappa shape index (κ1) is 16.7. The van der Waals surface area contributed by atoms with Gasteiger partial charge in [0.2, 0.25) is 0 Å². The molecule has 1 aliphatic carbocycles. The average molecular weight is 298 g/mol. The Labute approximate surface area is 128 Å². The van der Waals surface area contributed by atoms with Crippen LogP contribution in [0.5, 0.6) is 0 Å². The Morgan fingerprint density at radius 2 is 2.14 bits per heavy atom. The number of hydrogen-bond donors (Lipinski definition) is 1. The van der Waals surface area contributed by atoms with E-state index in [1.807, 2.05) is 6.92 Å². The van der Waals surface area contributed by atoms with E-state index < -0.39 is 0 Å². The van der Waals surface area contributed by atoms with E-state index in [9.17, 15) is 4.79 Å². The molecular weight excluding hydrogens is 268 g/mol. The number of piperidine rings is 1. The maximum Gasteiger partial charge on any atom is 0.323 e. The van der Waals surface area contributed by atoms with Crippen molar-refractivity contribution >= 4 is 5.97 Å². The number of nitrogens with zero attached hydrogens (tertiary/aromatic N) is 1. The Bertz CT molecular complexity index is 333. The quantitative estimate of drug-likeness (QED) is 0.687. The highest BCUT2D eigenvalue weighted by atomic mass is 16.5. The number of hydrogen-bond acceptors (Lipinski definition) is 5. The van der Waals surface area contributed by atoms with E-state index in [-0.39, 0.29) is 12.0 Å². The summed E-state index contributed by atoms with van der Waals surface area (Å²) in [5, 5.41) is 3.42. The SMILES string of the molecule is CCOC(=O)C(CCN1CCC(C)C(OC)C1)NC1CC1. The van der Waals surface area contributed by atoms with Gasteiger partial charge in [0, 0.05) is 26.2 Å². The lowest BCUT2D eigenvalue weighted by Gasteiger charge is -2.36.